The average molecular weight is 323 g/mol. The Kier molecular flexibility index (Phi) is 5.51. The van der Waals surface area contributed by atoms with Crippen LogP contribution in [0.4, 0.5) is 0 Å². The number of halogens is 1. The van der Waals surface area contributed by atoms with Crippen LogP contribution in [0, 0.1) is 11.3 Å². The second-order valence-corrected chi connectivity index (χ2v) is 6.87. The first-order chi connectivity index (χ1) is 10.1. The molecule has 2 N–H and O–H groups in total. The summed E-state index contributed by atoms with van der Waals surface area (Å²) in [7, 11) is 0. The van der Waals surface area contributed by atoms with Crippen LogP contribution in [-0.2, 0) is 4.79 Å². The molecule has 3 nitrogen and oxygen atoms in total. The van der Waals surface area contributed by atoms with Crippen LogP contribution in [0.2, 0.25) is 0 Å². The minimum absolute atomic E-state index is 0. The molecule has 2 fully saturated rings. The van der Waals surface area contributed by atoms with Gasteiger partial charge >= 0.3 is 0 Å². The molecule has 4 heteroatoms. The number of rotatable bonds is 4. The number of carbonyl (C=O) groups excluding carboxylic acids is 1. The third-order valence-corrected chi connectivity index (χ3v) is 5.55. The van der Waals surface area contributed by atoms with Crippen molar-refractivity contribution in [2.24, 2.45) is 11.3 Å². The maximum Gasteiger partial charge on any atom is 0.223 e. The molecule has 1 amide bonds. The molecule has 1 aromatic carbocycles. The lowest BCUT2D eigenvalue weighted by molar-refractivity contribution is -0.124. The van der Waals surface area contributed by atoms with Gasteiger partial charge in [-0.2, -0.15) is 0 Å². The number of hydrogen-bond donors (Lipinski definition) is 2. The van der Waals surface area contributed by atoms with Crippen molar-refractivity contribution in [3.05, 3.63) is 35.9 Å². The smallest absolute Gasteiger partial charge is 0.223 e. The Bertz CT molecular complexity index is 499. The highest BCUT2D eigenvalue weighted by atomic mass is 35.5. The first kappa shape index (κ1) is 17.3. The van der Waals surface area contributed by atoms with Crippen LogP contribution >= 0.6 is 12.4 Å². The molecule has 1 aromatic rings. The highest BCUT2D eigenvalue weighted by Gasteiger charge is 2.57. The van der Waals surface area contributed by atoms with E-state index >= 15 is 0 Å². The van der Waals surface area contributed by atoms with Crippen LogP contribution in [0.3, 0.4) is 0 Å². The maximum absolute atomic E-state index is 12.5. The third kappa shape index (κ3) is 3.47. The van der Waals surface area contributed by atoms with Gasteiger partial charge < -0.3 is 10.6 Å². The minimum atomic E-state index is 0. The van der Waals surface area contributed by atoms with Gasteiger partial charge in [0.1, 0.15) is 0 Å². The molecule has 1 aliphatic carbocycles. The summed E-state index contributed by atoms with van der Waals surface area (Å²) in [6.45, 7) is 6.44. The lowest BCUT2D eigenvalue weighted by atomic mass is 9.91. The highest BCUT2D eigenvalue weighted by molar-refractivity contribution is 5.85. The van der Waals surface area contributed by atoms with Crippen molar-refractivity contribution in [1.82, 2.24) is 10.6 Å². The number of amides is 1. The summed E-state index contributed by atoms with van der Waals surface area (Å²) in [6.07, 6.45) is 3.41. The van der Waals surface area contributed by atoms with Crippen molar-refractivity contribution in [3.8, 4) is 0 Å². The van der Waals surface area contributed by atoms with E-state index in [1.54, 1.807) is 0 Å². The van der Waals surface area contributed by atoms with Crippen molar-refractivity contribution >= 4 is 18.3 Å². The third-order valence-electron chi connectivity index (χ3n) is 5.55. The van der Waals surface area contributed by atoms with Gasteiger partial charge in [-0.25, -0.2) is 0 Å². The van der Waals surface area contributed by atoms with Crippen LogP contribution < -0.4 is 10.6 Å². The first-order valence-corrected chi connectivity index (χ1v) is 8.18. The molecule has 1 heterocycles. The lowest BCUT2D eigenvalue weighted by Gasteiger charge is -2.25. The molecule has 1 aliphatic heterocycles. The summed E-state index contributed by atoms with van der Waals surface area (Å²) >= 11 is 0. The molecule has 3 unspecified atom stereocenters. The number of piperidine rings is 1. The fraction of sp³-hybridized carbons (Fsp3) is 0.611. The van der Waals surface area contributed by atoms with Gasteiger partial charge in [0.25, 0.3) is 0 Å². The maximum atomic E-state index is 12.5. The highest BCUT2D eigenvalue weighted by Crippen LogP contribution is 2.58. The normalized spacial score (nSPS) is 24.9. The summed E-state index contributed by atoms with van der Waals surface area (Å²) in [5.41, 5.74) is 1.61. The molecule has 0 aromatic heterocycles. The summed E-state index contributed by atoms with van der Waals surface area (Å²) < 4.78 is 0. The van der Waals surface area contributed by atoms with Crippen molar-refractivity contribution in [2.75, 3.05) is 13.1 Å². The zero-order chi connectivity index (χ0) is 14.9. The van der Waals surface area contributed by atoms with E-state index in [0.717, 1.165) is 32.4 Å². The molecule has 0 bridgehead atoms. The van der Waals surface area contributed by atoms with Crippen LogP contribution in [0.25, 0.3) is 0 Å². The summed E-state index contributed by atoms with van der Waals surface area (Å²) in [5, 5.41) is 6.64. The standard InChI is InChI=1S/C18H26N2O.ClH/c1-13(15-6-4-3-5-7-15)14(2)20-17(21)16-12-18(16)8-10-19-11-9-18;/h3-7,13-14,16,19H,8-12H2,1-2H3,(H,20,21);1H. The van der Waals surface area contributed by atoms with E-state index in [2.05, 4.69) is 48.7 Å². The molecule has 1 saturated carbocycles. The van der Waals surface area contributed by atoms with Crippen LogP contribution in [0.15, 0.2) is 30.3 Å². The molecule has 122 valence electrons. The lowest BCUT2D eigenvalue weighted by Crippen LogP contribution is -2.39. The topological polar surface area (TPSA) is 41.1 Å². The Morgan fingerprint density at radius 2 is 1.86 bits per heavy atom. The summed E-state index contributed by atoms with van der Waals surface area (Å²) in [6, 6.07) is 10.6. The Balaban J connectivity index is 0.00000176. The molecule has 1 saturated heterocycles. The predicted molar refractivity (Wildman–Crippen MR) is 92.4 cm³/mol. The van der Waals surface area contributed by atoms with Crippen LogP contribution in [-0.4, -0.2) is 25.0 Å². The van der Waals surface area contributed by atoms with E-state index in [1.807, 2.05) is 6.07 Å². The number of benzene rings is 1. The zero-order valence-electron chi connectivity index (χ0n) is 13.5. The number of carbonyl (C=O) groups is 1. The first-order valence-electron chi connectivity index (χ1n) is 8.18. The Hall–Kier alpha value is -1.06. The van der Waals surface area contributed by atoms with E-state index < -0.39 is 0 Å². The van der Waals surface area contributed by atoms with Crippen molar-refractivity contribution in [3.63, 3.8) is 0 Å². The fourth-order valence-corrected chi connectivity index (χ4v) is 3.69. The van der Waals surface area contributed by atoms with Crippen molar-refractivity contribution in [2.45, 2.75) is 45.1 Å². The van der Waals surface area contributed by atoms with Crippen molar-refractivity contribution in [1.29, 1.82) is 0 Å². The molecular weight excluding hydrogens is 296 g/mol. The van der Waals surface area contributed by atoms with Crippen LogP contribution in [0.1, 0.15) is 44.6 Å². The Morgan fingerprint density at radius 3 is 2.50 bits per heavy atom. The molecule has 3 atom stereocenters. The number of hydrogen-bond acceptors (Lipinski definition) is 2. The second-order valence-electron chi connectivity index (χ2n) is 6.87. The molecular formula is C18H27ClN2O. The zero-order valence-corrected chi connectivity index (χ0v) is 14.3. The Morgan fingerprint density at radius 1 is 1.23 bits per heavy atom. The van der Waals surface area contributed by atoms with E-state index in [9.17, 15) is 4.79 Å². The van der Waals surface area contributed by atoms with Gasteiger partial charge in [0.15, 0.2) is 0 Å². The van der Waals surface area contributed by atoms with Gasteiger partial charge in [-0.3, -0.25) is 4.79 Å². The van der Waals surface area contributed by atoms with Crippen molar-refractivity contribution < 1.29 is 4.79 Å². The molecule has 22 heavy (non-hydrogen) atoms. The van der Waals surface area contributed by atoms with Gasteiger partial charge in [-0.05, 0) is 50.3 Å². The summed E-state index contributed by atoms with van der Waals surface area (Å²) in [4.78, 5) is 12.5. The van der Waals surface area contributed by atoms with E-state index in [-0.39, 0.29) is 30.3 Å². The van der Waals surface area contributed by atoms with Gasteiger partial charge in [-0.15, -0.1) is 12.4 Å². The van der Waals surface area contributed by atoms with E-state index in [0.29, 0.717) is 11.3 Å². The van der Waals surface area contributed by atoms with Gasteiger partial charge in [0, 0.05) is 17.9 Å². The van der Waals surface area contributed by atoms with Gasteiger partial charge in [-0.1, -0.05) is 37.3 Å². The van der Waals surface area contributed by atoms with E-state index in [1.165, 1.54) is 5.56 Å². The summed E-state index contributed by atoms with van der Waals surface area (Å²) in [5.74, 6) is 0.870. The minimum Gasteiger partial charge on any atom is -0.353 e. The predicted octanol–water partition coefficient (Wildman–Crippen LogP) is 3.11. The fourth-order valence-electron chi connectivity index (χ4n) is 3.69. The van der Waals surface area contributed by atoms with Gasteiger partial charge in [0.2, 0.25) is 5.91 Å². The monoisotopic (exact) mass is 322 g/mol. The molecule has 1 spiro atoms. The van der Waals surface area contributed by atoms with E-state index in [4.69, 9.17) is 0 Å². The molecule has 2 aliphatic rings. The van der Waals surface area contributed by atoms with Gasteiger partial charge in [0.05, 0.1) is 0 Å². The molecule has 0 radical (unpaired) electrons. The largest absolute Gasteiger partial charge is 0.353 e. The average Bonchev–Trinajstić information content (AvgIpc) is 3.21. The van der Waals surface area contributed by atoms with Crippen LogP contribution in [0.5, 0.6) is 0 Å². The SMILES string of the molecule is CC(NC(=O)C1CC12CCNCC2)C(C)c1ccccc1.Cl. The number of nitrogens with one attached hydrogen (secondary N) is 2. The second kappa shape index (κ2) is 7.01. The quantitative estimate of drug-likeness (QED) is 0.894. The Labute approximate surface area is 139 Å². The molecule has 3 rings (SSSR count).